The number of nitrogens with zero attached hydrogens (tertiary/aromatic N) is 3. The van der Waals surface area contributed by atoms with E-state index >= 15 is 0 Å². The Kier molecular flexibility index (Phi) is 4.31. The molecule has 1 aliphatic heterocycles. The third-order valence-corrected chi connectivity index (χ3v) is 4.25. The van der Waals surface area contributed by atoms with Crippen LogP contribution in [0.15, 0.2) is 5.38 Å². The topological polar surface area (TPSA) is 56.7 Å². The molecule has 1 aliphatic rings. The van der Waals surface area contributed by atoms with Crippen molar-refractivity contribution in [3.05, 3.63) is 16.1 Å². The van der Waals surface area contributed by atoms with Crippen LogP contribution in [0.1, 0.15) is 29.3 Å². The maximum absolute atomic E-state index is 10.8. The zero-order valence-corrected chi connectivity index (χ0v) is 11.6. The van der Waals surface area contributed by atoms with Crippen LogP contribution in [0.25, 0.3) is 0 Å². The van der Waals surface area contributed by atoms with Crippen LogP contribution in [0.2, 0.25) is 0 Å². The van der Waals surface area contributed by atoms with Crippen molar-refractivity contribution in [2.75, 3.05) is 26.2 Å². The summed E-state index contributed by atoms with van der Waals surface area (Å²) in [6.07, 6.45) is 0. The van der Waals surface area contributed by atoms with Gasteiger partial charge in [0.05, 0.1) is 5.69 Å². The predicted molar refractivity (Wildman–Crippen MR) is 71.1 cm³/mol. The second-order valence-corrected chi connectivity index (χ2v) is 5.52. The van der Waals surface area contributed by atoms with Crippen LogP contribution in [0, 0.1) is 0 Å². The third-order valence-electron chi connectivity index (χ3n) is 3.38. The Morgan fingerprint density at radius 1 is 1.61 bits per heavy atom. The summed E-state index contributed by atoms with van der Waals surface area (Å²) in [4.78, 5) is 19.7. The lowest BCUT2D eigenvalue weighted by atomic mass is 10.2. The number of hydrogen-bond acceptors (Lipinski definition) is 5. The number of rotatable bonds is 4. The second kappa shape index (κ2) is 5.77. The second-order valence-electron chi connectivity index (χ2n) is 4.66. The molecular formula is C12H19N3O2S. The molecule has 1 atom stereocenters. The van der Waals surface area contributed by atoms with Crippen LogP contribution in [0.3, 0.4) is 0 Å². The molecule has 0 spiro atoms. The maximum atomic E-state index is 10.8. The Morgan fingerprint density at radius 3 is 2.94 bits per heavy atom. The van der Waals surface area contributed by atoms with Crippen LogP contribution in [0.5, 0.6) is 0 Å². The van der Waals surface area contributed by atoms with E-state index in [1.165, 1.54) is 11.3 Å². The highest BCUT2D eigenvalue weighted by molar-refractivity contribution is 7.11. The number of carbonyl (C=O) groups is 1. The van der Waals surface area contributed by atoms with E-state index in [0.29, 0.717) is 6.04 Å². The van der Waals surface area contributed by atoms with Gasteiger partial charge in [-0.2, -0.15) is 0 Å². The van der Waals surface area contributed by atoms with Gasteiger partial charge in [-0.3, -0.25) is 9.80 Å². The number of thiazole rings is 1. The summed E-state index contributed by atoms with van der Waals surface area (Å²) in [5, 5.41) is 10.9. The lowest BCUT2D eigenvalue weighted by Gasteiger charge is -2.39. The third kappa shape index (κ3) is 3.07. The number of carboxylic acid groups (broad SMARTS) is 1. The van der Waals surface area contributed by atoms with E-state index in [1.807, 2.05) is 5.38 Å². The number of aromatic nitrogens is 1. The van der Waals surface area contributed by atoms with Crippen molar-refractivity contribution in [2.45, 2.75) is 26.4 Å². The van der Waals surface area contributed by atoms with E-state index in [2.05, 4.69) is 28.6 Å². The number of likely N-dealkylation sites (N-methyl/N-ethyl adjacent to an activating group) is 1. The fourth-order valence-electron chi connectivity index (χ4n) is 2.39. The predicted octanol–water partition coefficient (Wildman–Crippen LogP) is 1.37. The van der Waals surface area contributed by atoms with E-state index in [1.54, 1.807) is 0 Å². The molecular weight excluding hydrogens is 250 g/mol. The molecule has 2 rings (SSSR count). The van der Waals surface area contributed by atoms with Crippen molar-refractivity contribution >= 4 is 17.3 Å². The van der Waals surface area contributed by atoms with Crippen LogP contribution in [0.4, 0.5) is 0 Å². The van der Waals surface area contributed by atoms with Crippen molar-refractivity contribution in [3.63, 3.8) is 0 Å². The first kappa shape index (κ1) is 13.5. The Morgan fingerprint density at radius 2 is 2.39 bits per heavy atom. The average Bonchev–Trinajstić information content (AvgIpc) is 2.78. The largest absolute Gasteiger partial charge is 0.476 e. The van der Waals surface area contributed by atoms with Gasteiger partial charge < -0.3 is 5.11 Å². The zero-order chi connectivity index (χ0) is 13.1. The smallest absolute Gasteiger partial charge is 0.365 e. The van der Waals surface area contributed by atoms with E-state index in [4.69, 9.17) is 5.11 Å². The van der Waals surface area contributed by atoms with Gasteiger partial charge in [0.1, 0.15) is 0 Å². The quantitative estimate of drug-likeness (QED) is 0.894. The van der Waals surface area contributed by atoms with Gasteiger partial charge in [0.15, 0.2) is 0 Å². The van der Waals surface area contributed by atoms with Crippen LogP contribution < -0.4 is 0 Å². The molecule has 1 saturated heterocycles. The fraction of sp³-hybridized carbons (Fsp3) is 0.667. The molecule has 0 radical (unpaired) electrons. The Labute approximate surface area is 111 Å². The summed E-state index contributed by atoms with van der Waals surface area (Å²) in [5.41, 5.74) is 0.870. The van der Waals surface area contributed by atoms with Crippen LogP contribution in [-0.2, 0) is 6.54 Å². The van der Waals surface area contributed by atoms with Crippen molar-refractivity contribution in [2.24, 2.45) is 0 Å². The lowest BCUT2D eigenvalue weighted by Crippen LogP contribution is -2.51. The minimum Gasteiger partial charge on any atom is -0.476 e. The molecule has 0 aliphatic carbocycles. The molecule has 0 saturated carbocycles. The van der Waals surface area contributed by atoms with E-state index in [0.717, 1.165) is 38.4 Å². The van der Waals surface area contributed by atoms with Gasteiger partial charge in [-0.25, -0.2) is 9.78 Å². The standard InChI is InChI=1S/C12H19N3O2S/c1-3-15-5-4-14(6-9(15)2)7-10-8-18-11(13-10)12(16)17/h8-9H,3-7H2,1-2H3,(H,16,17). The summed E-state index contributed by atoms with van der Waals surface area (Å²) in [6.45, 7) is 9.39. The van der Waals surface area contributed by atoms with Crippen molar-refractivity contribution in [1.82, 2.24) is 14.8 Å². The van der Waals surface area contributed by atoms with E-state index in [9.17, 15) is 4.79 Å². The molecule has 2 heterocycles. The molecule has 0 bridgehead atoms. The van der Waals surface area contributed by atoms with Gasteiger partial charge in [0.2, 0.25) is 5.01 Å². The molecule has 1 N–H and O–H groups in total. The van der Waals surface area contributed by atoms with Gasteiger partial charge in [-0.15, -0.1) is 11.3 Å². The Bertz CT molecular complexity index is 421. The molecule has 18 heavy (non-hydrogen) atoms. The summed E-state index contributed by atoms with van der Waals surface area (Å²) in [7, 11) is 0. The molecule has 0 amide bonds. The highest BCUT2D eigenvalue weighted by Crippen LogP contribution is 2.15. The number of aromatic carboxylic acids is 1. The van der Waals surface area contributed by atoms with Crippen LogP contribution in [-0.4, -0.2) is 58.1 Å². The van der Waals surface area contributed by atoms with Gasteiger partial charge in [-0.05, 0) is 13.5 Å². The first-order valence-corrected chi connectivity index (χ1v) is 7.12. The van der Waals surface area contributed by atoms with E-state index < -0.39 is 5.97 Å². The van der Waals surface area contributed by atoms with Gasteiger partial charge in [0.25, 0.3) is 0 Å². The molecule has 1 fully saturated rings. The van der Waals surface area contributed by atoms with E-state index in [-0.39, 0.29) is 5.01 Å². The lowest BCUT2D eigenvalue weighted by molar-refractivity contribution is 0.0694. The minimum absolute atomic E-state index is 0.185. The first-order valence-electron chi connectivity index (χ1n) is 6.24. The maximum Gasteiger partial charge on any atom is 0.365 e. The molecule has 1 unspecified atom stereocenters. The molecule has 1 aromatic heterocycles. The minimum atomic E-state index is -0.935. The summed E-state index contributed by atoms with van der Waals surface area (Å²) in [6, 6.07) is 0.557. The summed E-state index contributed by atoms with van der Waals surface area (Å²) in [5.74, 6) is -0.935. The van der Waals surface area contributed by atoms with Gasteiger partial charge in [0, 0.05) is 37.6 Å². The normalized spacial score (nSPS) is 22.2. The highest BCUT2D eigenvalue weighted by Gasteiger charge is 2.23. The van der Waals surface area contributed by atoms with Crippen molar-refractivity contribution < 1.29 is 9.90 Å². The summed E-state index contributed by atoms with van der Waals surface area (Å²) < 4.78 is 0. The van der Waals surface area contributed by atoms with Crippen molar-refractivity contribution in [1.29, 1.82) is 0 Å². The molecule has 1 aromatic rings. The van der Waals surface area contributed by atoms with Crippen molar-refractivity contribution in [3.8, 4) is 0 Å². The number of hydrogen-bond donors (Lipinski definition) is 1. The monoisotopic (exact) mass is 269 g/mol. The zero-order valence-electron chi connectivity index (χ0n) is 10.8. The fourth-order valence-corrected chi connectivity index (χ4v) is 3.04. The highest BCUT2D eigenvalue weighted by atomic mass is 32.1. The van der Waals surface area contributed by atoms with Gasteiger partial charge >= 0.3 is 5.97 Å². The molecule has 100 valence electrons. The van der Waals surface area contributed by atoms with Crippen LogP contribution >= 0.6 is 11.3 Å². The number of carboxylic acids is 1. The Balaban J connectivity index is 1.92. The SMILES string of the molecule is CCN1CCN(Cc2csc(C(=O)O)n2)CC1C. The Hall–Kier alpha value is -0.980. The molecule has 5 nitrogen and oxygen atoms in total. The molecule has 0 aromatic carbocycles. The first-order chi connectivity index (χ1) is 8.60. The van der Waals surface area contributed by atoms with Gasteiger partial charge in [-0.1, -0.05) is 6.92 Å². The average molecular weight is 269 g/mol. The molecule has 6 heteroatoms. The summed E-state index contributed by atoms with van der Waals surface area (Å²) >= 11 is 1.20. The number of piperazine rings is 1.